The minimum Gasteiger partial charge on any atom is -0.497 e. The summed E-state index contributed by atoms with van der Waals surface area (Å²) in [4.78, 5) is 30.4. The summed E-state index contributed by atoms with van der Waals surface area (Å²) in [5.41, 5.74) is 3.58. The third kappa shape index (κ3) is 3.32. The molecule has 0 spiro atoms. The number of pyridine rings is 1. The SMILES string of the molecule is COc1ccc2[nH]c3c(c2c1)c1ccccc1c(=O)n3CC(=O)n1nc(-c2ccccc2)cc1C. The molecule has 3 aromatic heterocycles. The Balaban J connectivity index is 1.53. The molecule has 0 saturated heterocycles. The summed E-state index contributed by atoms with van der Waals surface area (Å²) in [5.74, 6) is 0.427. The Bertz CT molecular complexity index is 1810. The average molecular weight is 463 g/mol. The van der Waals surface area contributed by atoms with E-state index in [4.69, 9.17) is 4.74 Å². The monoisotopic (exact) mass is 462 g/mol. The van der Waals surface area contributed by atoms with Crippen molar-refractivity contribution in [3.05, 3.63) is 94.9 Å². The van der Waals surface area contributed by atoms with Gasteiger partial charge in [0.15, 0.2) is 0 Å². The van der Waals surface area contributed by atoms with Gasteiger partial charge < -0.3 is 9.72 Å². The second-order valence-electron chi connectivity index (χ2n) is 8.54. The van der Waals surface area contributed by atoms with Crippen molar-refractivity contribution < 1.29 is 9.53 Å². The number of rotatable bonds is 4. The highest BCUT2D eigenvalue weighted by Gasteiger charge is 2.20. The van der Waals surface area contributed by atoms with Crippen molar-refractivity contribution in [3.8, 4) is 17.0 Å². The summed E-state index contributed by atoms with van der Waals surface area (Å²) < 4.78 is 8.32. The van der Waals surface area contributed by atoms with Crippen molar-refractivity contribution in [2.24, 2.45) is 0 Å². The Labute approximate surface area is 200 Å². The van der Waals surface area contributed by atoms with Crippen LogP contribution in [-0.2, 0) is 6.54 Å². The molecule has 6 aromatic rings. The van der Waals surface area contributed by atoms with Crippen LogP contribution in [0.2, 0.25) is 0 Å². The highest BCUT2D eigenvalue weighted by Crippen LogP contribution is 2.33. The maximum absolute atomic E-state index is 13.6. The molecule has 7 heteroatoms. The molecule has 35 heavy (non-hydrogen) atoms. The number of H-pyrrole nitrogens is 1. The summed E-state index contributed by atoms with van der Waals surface area (Å²) in [6.45, 7) is 1.69. The van der Waals surface area contributed by atoms with Crippen LogP contribution in [0.3, 0.4) is 0 Å². The number of carbonyl (C=O) groups is 1. The van der Waals surface area contributed by atoms with Crippen LogP contribution in [0.5, 0.6) is 5.75 Å². The molecule has 3 heterocycles. The van der Waals surface area contributed by atoms with Gasteiger partial charge in [0.05, 0.1) is 12.8 Å². The van der Waals surface area contributed by atoms with Crippen LogP contribution in [0.15, 0.2) is 83.7 Å². The number of aryl methyl sites for hydroxylation is 1. The van der Waals surface area contributed by atoms with Crippen molar-refractivity contribution in [3.63, 3.8) is 0 Å². The van der Waals surface area contributed by atoms with Gasteiger partial charge in [-0.25, -0.2) is 4.68 Å². The zero-order chi connectivity index (χ0) is 24.1. The summed E-state index contributed by atoms with van der Waals surface area (Å²) in [7, 11) is 1.62. The first-order valence-corrected chi connectivity index (χ1v) is 11.3. The minimum atomic E-state index is -0.292. The molecule has 0 unspecified atom stereocenters. The molecule has 0 bridgehead atoms. The van der Waals surface area contributed by atoms with E-state index in [0.717, 1.165) is 33.0 Å². The predicted molar refractivity (Wildman–Crippen MR) is 137 cm³/mol. The molecule has 3 aromatic carbocycles. The van der Waals surface area contributed by atoms with Crippen LogP contribution in [0.1, 0.15) is 10.5 Å². The number of benzene rings is 3. The molecule has 0 amide bonds. The Morgan fingerprint density at radius 3 is 2.46 bits per heavy atom. The van der Waals surface area contributed by atoms with Crippen LogP contribution >= 0.6 is 0 Å². The molecule has 7 nitrogen and oxygen atoms in total. The number of carbonyl (C=O) groups excluding carboxylic acids is 1. The lowest BCUT2D eigenvalue weighted by atomic mass is 10.1. The molecule has 0 fully saturated rings. The molecule has 0 aliphatic heterocycles. The number of nitrogens with one attached hydrogen (secondary N) is 1. The maximum Gasteiger partial charge on any atom is 0.267 e. The van der Waals surface area contributed by atoms with E-state index in [-0.39, 0.29) is 18.0 Å². The summed E-state index contributed by atoms with van der Waals surface area (Å²) in [6.07, 6.45) is 0. The zero-order valence-electron chi connectivity index (χ0n) is 19.3. The number of methoxy groups -OCH3 is 1. The normalized spacial score (nSPS) is 11.5. The number of nitrogens with zero attached hydrogens (tertiary/aromatic N) is 3. The van der Waals surface area contributed by atoms with Crippen LogP contribution in [-0.4, -0.2) is 32.3 Å². The summed E-state index contributed by atoms with van der Waals surface area (Å²) >= 11 is 0. The second-order valence-corrected chi connectivity index (χ2v) is 8.54. The zero-order valence-corrected chi connectivity index (χ0v) is 19.3. The topological polar surface area (TPSA) is 81.9 Å². The van der Waals surface area contributed by atoms with E-state index in [1.807, 2.05) is 79.7 Å². The van der Waals surface area contributed by atoms with Gasteiger partial charge in [-0.1, -0.05) is 48.5 Å². The van der Waals surface area contributed by atoms with Crippen molar-refractivity contribution in [1.29, 1.82) is 0 Å². The fraction of sp³-hybridized carbons (Fsp3) is 0.107. The number of hydrogen-bond donors (Lipinski definition) is 1. The van der Waals surface area contributed by atoms with E-state index in [9.17, 15) is 9.59 Å². The predicted octanol–water partition coefficient (Wildman–Crippen LogP) is 5.16. The van der Waals surface area contributed by atoms with Crippen LogP contribution < -0.4 is 10.3 Å². The van der Waals surface area contributed by atoms with Crippen molar-refractivity contribution >= 4 is 38.6 Å². The van der Waals surface area contributed by atoms with E-state index < -0.39 is 0 Å². The number of ether oxygens (including phenoxy) is 1. The Hall–Kier alpha value is -4.65. The smallest absolute Gasteiger partial charge is 0.267 e. The lowest BCUT2D eigenvalue weighted by Gasteiger charge is -2.11. The van der Waals surface area contributed by atoms with E-state index >= 15 is 0 Å². The molecule has 0 atom stereocenters. The Morgan fingerprint density at radius 1 is 0.943 bits per heavy atom. The van der Waals surface area contributed by atoms with Gasteiger partial charge in [0.2, 0.25) is 0 Å². The molecular formula is C28H22N4O3. The largest absolute Gasteiger partial charge is 0.497 e. The minimum absolute atomic E-state index is 0.152. The fourth-order valence-electron chi connectivity index (χ4n) is 4.72. The lowest BCUT2D eigenvalue weighted by Crippen LogP contribution is -2.28. The first-order chi connectivity index (χ1) is 17.0. The van der Waals surface area contributed by atoms with Gasteiger partial charge in [0.25, 0.3) is 11.5 Å². The van der Waals surface area contributed by atoms with E-state index in [2.05, 4.69) is 10.1 Å². The van der Waals surface area contributed by atoms with E-state index in [1.165, 1.54) is 9.25 Å². The van der Waals surface area contributed by atoms with Gasteiger partial charge in [-0.3, -0.25) is 14.2 Å². The quantitative estimate of drug-likeness (QED) is 0.393. The van der Waals surface area contributed by atoms with Gasteiger partial charge in [0.1, 0.15) is 17.9 Å². The molecule has 0 radical (unpaired) electrons. The van der Waals surface area contributed by atoms with Gasteiger partial charge >= 0.3 is 0 Å². The molecule has 0 aliphatic rings. The van der Waals surface area contributed by atoms with Gasteiger partial charge in [-0.05, 0) is 42.6 Å². The van der Waals surface area contributed by atoms with Gasteiger partial charge in [0, 0.05) is 32.9 Å². The molecule has 172 valence electrons. The third-order valence-electron chi connectivity index (χ3n) is 6.41. The highest BCUT2D eigenvalue weighted by atomic mass is 16.5. The molecule has 0 saturated carbocycles. The standard InChI is InChI=1S/C28H22N4O3/c1-17-14-24(18-8-4-3-5-9-18)30-32(17)25(33)16-31-27-26(20-10-6-7-11-21(20)28(31)34)22-15-19(35-2)12-13-23(22)29-27/h3-15,29H,16H2,1-2H3. The number of hydrogen-bond acceptors (Lipinski definition) is 4. The molecular weight excluding hydrogens is 440 g/mol. The Kier molecular flexibility index (Phi) is 4.77. The van der Waals surface area contributed by atoms with E-state index in [1.54, 1.807) is 13.2 Å². The van der Waals surface area contributed by atoms with Gasteiger partial charge in [-0.15, -0.1) is 0 Å². The van der Waals surface area contributed by atoms with Crippen molar-refractivity contribution in [2.75, 3.05) is 7.11 Å². The van der Waals surface area contributed by atoms with Gasteiger partial charge in [-0.2, -0.15) is 5.10 Å². The van der Waals surface area contributed by atoms with Crippen molar-refractivity contribution in [1.82, 2.24) is 19.3 Å². The van der Waals surface area contributed by atoms with Crippen molar-refractivity contribution in [2.45, 2.75) is 13.5 Å². The van der Waals surface area contributed by atoms with Crippen LogP contribution in [0.4, 0.5) is 0 Å². The summed E-state index contributed by atoms with van der Waals surface area (Å²) in [5, 5.41) is 7.73. The molecule has 6 rings (SSSR count). The highest BCUT2D eigenvalue weighted by molar-refractivity contribution is 6.19. The number of aromatic nitrogens is 4. The third-order valence-corrected chi connectivity index (χ3v) is 6.41. The van der Waals surface area contributed by atoms with Crippen LogP contribution in [0.25, 0.3) is 44.0 Å². The first kappa shape index (κ1) is 20.9. The molecule has 1 N–H and O–H groups in total. The fourth-order valence-corrected chi connectivity index (χ4v) is 4.72. The number of aromatic amines is 1. The average Bonchev–Trinajstić information content (AvgIpc) is 3.47. The first-order valence-electron chi connectivity index (χ1n) is 11.3. The summed E-state index contributed by atoms with van der Waals surface area (Å²) in [6, 6.07) is 24.8. The number of fused-ring (bicyclic) bond motifs is 5. The second kappa shape index (κ2) is 7.99. The lowest BCUT2D eigenvalue weighted by molar-refractivity contribution is 0.0873. The Morgan fingerprint density at radius 2 is 1.69 bits per heavy atom. The molecule has 0 aliphatic carbocycles. The van der Waals surface area contributed by atoms with E-state index in [0.29, 0.717) is 22.4 Å². The van der Waals surface area contributed by atoms with Crippen LogP contribution in [0, 0.1) is 6.92 Å². The maximum atomic E-state index is 13.6.